The van der Waals surface area contributed by atoms with E-state index in [0.717, 1.165) is 24.1 Å². The zero-order chi connectivity index (χ0) is 24.5. The van der Waals surface area contributed by atoms with Gasteiger partial charge in [0.05, 0.1) is 17.4 Å². The summed E-state index contributed by atoms with van der Waals surface area (Å²) >= 11 is 3.45. The lowest BCUT2D eigenvalue weighted by Crippen LogP contribution is -2.57. The molecule has 2 aromatic rings. The molecule has 10 heteroatoms. The molecule has 0 spiro atoms. The van der Waals surface area contributed by atoms with Crippen LogP contribution < -0.4 is 10.1 Å². The molecule has 34 heavy (non-hydrogen) atoms. The van der Waals surface area contributed by atoms with Crippen LogP contribution in [0.4, 0.5) is 0 Å². The molecular formula is C24H27BrN2O6S. The molecule has 182 valence electrons. The smallest absolute Gasteiger partial charge is 0.294 e. The molecule has 0 saturated carbocycles. The van der Waals surface area contributed by atoms with Gasteiger partial charge in [0, 0.05) is 23.0 Å². The van der Waals surface area contributed by atoms with Crippen LogP contribution in [0, 0.1) is 5.92 Å². The number of halogens is 1. The number of imide groups is 1. The van der Waals surface area contributed by atoms with Crippen LogP contribution in [0.2, 0.25) is 0 Å². The summed E-state index contributed by atoms with van der Waals surface area (Å²) in [7, 11) is -3.04. The summed E-state index contributed by atoms with van der Waals surface area (Å²) in [6.07, 6.45) is 1.78. The zero-order valence-corrected chi connectivity index (χ0v) is 21.2. The summed E-state index contributed by atoms with van der Waals surface area (Å²) in [4.78, 5) is 27.5. The van der Waals surface area contributed by atoms with Crippen molar-refractivity contribution in [3.05, 3.63) is 58.1 Å². The van der Waals surface area contributed by atoms with E-state index in [-0.39, 0.29) is 29.6 Å². The fourth-order valence-electron chi connectivity index (χ4n) is 5.22. The Morgan fingerprint density at radius 2 is 1.82 bits per heavy atom. The number of hydrogen-bond acceptors (Lipinski definition) is 6. The van der Waals surface area contributed by atoms with Crippen LogP contribution in [0.3, 0.4) is 0 Å². The van der Waals surface area contributed by atoms with E-state index in [1.54, 1.807) is 0 Å². The molecule has 2 aromatic carbocycles. The maximum absolute atomic E-state index is 13.4. The van der Waals surface area contributed by atoms with Crippen molar-refractivity contribution in [1.29, 1.82) is 0 Å². The third kappa shape index (κ3) is 4.91. The van der Waals surface area contributed by atoms with Gasteiger partial charge in [0.15, 0.2) is 0 Å². The highest BCUT2D eigenvalue weighted by Crippen LogP contribution is 2.48. The van der Waals surface area contributed by atoms with E-state index in [9.17, 15) is 22.6 Å². The van der Waals surface area contributed by atoms with E-state index >= 15 is 0 Å². The Kier molecular flexibility index (Phi) is 7.14. The summed E-state index contributed by atoms with van der Waals surface area (Å²) in [5.74, 6) is -0.569. The minimum atomic E-state index is -4.49. The molecule has 1 atom stereocenters. The first-order valence-electron chi connectivity index (χ1n) is 11.1. The van der Waals surface area contributed by atoms with Gasteiger partial charge in [-0.2, -0.15) is 8.42 Å². The van der Waals surface area contributed by atoms with Crippen LogP contribution in [0.5, 0.6) is 5.75 Å². The van der Waals surface area contributed by atoms with Crippen molar-refractivity contribution >= 4 is 37.9 Å². The van der Waals surface area contributed by atoms with Crippen LogP contribution in [-0.4, -0.2) is 49.9 Å². The third-order valence-corrected chi connectivity index (χ3v) is 8.34. The molecular weight excluding hydrogens is 524 g/mol. The highest BCUT2D eigenvalue weighted by atomic mass is 79.9. The summed E-state index contributed by atoms with van der Waals surface area (Å²) in [5.41, 5.74) is 0.449. The Bertz CT molecular complexity index is 1190. The Balaban J connectivity index is 1.66. The molecule has 2 heterocycles. The molecule has 2 fully saturated rings. The molecule has 2 amide bonds. The standard InChI is InChI=1S/C24H27BrN2O6S/c1-33-21-7-6-19(34(30,31)32)14-20(21)24(11-8-22(28)26-23(24)29)17-9-12-27(13-10-17)15-16-2-4-18(25)5-3-16/h2-7,14,17H,8-13,15H2,1H3,(H,26,28,29)(H,30,31,32). The van der Waals surface area contributed by atoms with Gasteiger partial charge in [-0.3, -0.25) is 24.4 Å². The van der Waals surface area contributed by atoms with E-state index in [0.29, 0.717) is 24.2 Å². The first-order chi connectivity index (χ1) is 16.1. The summed E-state index contributed by atoms with van der Waals surface area (Å²) in [6.45, 7) is 2.30. The van der Waals surface area contributed by atoms with E-state index in [1.807, 2.05) is 12.1 Å². The molecule has 0 bridgehead atoms. The summed E-state index contributed by atoms with van der Waals surface area (Å²) < 4.78 is 39.9. The Labute approximate surface area is 207 Å². The number of likely N-dealkylation sites (tertiary alicyclic amines) is 1. The molecule has 2 N–H and O–H groups in total. The van der Waals surface area contributed by atoms with E-state index in [1.165, 1.54) is 30.9 Å². The van der Waals surface area contributed by atoms with Crippen molar-refractivity contribution in [2.45, 2.75) is 42.5 Å². The molecule has 8 nitrogen and oxygen atoms in total. The van der Waals surface area contributed by atoms with Crippen LogP contribution in [0.15, 0.2) is 51.8 Å². The van der Waals surface area contributed by atoms with Crippen molar-refractivity contribution in [2.24, 2.45) is 5.92 Å². The molecule has 0 aliphatic carbocycles. The van der Waals surface area contributed by atoms with Crippen molar-refractivity contribution in [1.82, 2.24) is 10.2 Å². The molecule has 0 aromatic heterocycles. The number of nitrogens with one attached hydrogen (secondary N) is 1. The second-order valence-electron chi connectivity index (χ2n) is 8.86. The van der Waals surface area contributed by atoms with E-state index in [4.69, 9.17) is 4.74 Å². The Morgan fingerprint density at radius 3 is 2.41 bits per heavy atom. The van der Waals surface area contributed by atoms with Crippen LogP contribution in [-0.2, 0) is 31.7 Å². The number of ether oxygens (including phenoxy) is 1. The average molecular weight is 551 g/mol. The van der Waals surface area contributed by atoms with E-state index in [2.05, 4.69) is 38.3 Å². The minimum Gasteiger partial charge on any atom is -0.496 e. The highest BCUT2D eigenvalue weighted by molar-refractivity contribution is 9.10. The number of rotatable bonds is 6. The Hall–Kier alpha value is -2.27. The number of carbonyl (C=O) groups excluding carboxylic acids is 2. The third-order valence-electron chi connectivity index (χ3n) is 6.96. The summed E-state index contributed by atoms with van der Waals surface area (Å²) in [6, 6.07) is 12.2. The molecule has 2 saturated heterocycles. The maximum atomic E-state index is 13.4. The lowest BCUT2D eigenvalue weighted by Gasteiger charge is -2.46. The van der Waals surface area contributed by atoms with Gasteiger partial charge < -0.3 is 4.74 Å². The van der Waals surface area contributed by atoms with Gasteiger partial charge in [-0.05, 0) is 74.2 Å². The maximum Gasteiger partial charge on any atom is 0.294 e. The lowest BCUT2D eigenvalue weighted by molar-refractivity contribution is -0.140. The van der Waals surface area contributed by atoms with Crippen molar-refractivity contribution in [3.63, 3.8) is 0 Å². The van der Waals surface area contributed by atoms with Gasteiger partial charge in [0.1, 0.15) is 5.75 Å². The van der Waals surface area contributed by atoms with Gasteiger partial charge in [-0.1, -0.05) is 28.1 Å². The second kappa shape index (κ2) is 9.77. The Morgan fingerprint density at radius 1 is 1.15 bits per heavy atom. The van der Waals surface area contributed by atoms with Crippen molar-refractivity contribution < 1.29 is 27.3 Å². The molecule has 0 radical (unpaired) electrons. The predicted molar refractivity (Wildman–Crippen MR) is 129 cm³/mol. The fraction of sp³-hybridized carbons (Fsp3) is 0.417. The average Bonchev–Trinajstić information content (AvgIpc) is 2.81. The number of nitrogens with zero attached hydrogens (tertiary/aromatic N) is 1. The quantitative estimate of drug-likeness (QED) is 0.419. The first-order valence-corrected chi connectivity index (χ1v) is 13.3. The number of carbonyl (C=O) groups is 2. The molecule has 1 unspecified atom stereocenters. The van der Waals surface area contributed by atoms with Crippen LogP contribution in [0.25, 0.3) is 0 Å². The van der Waals surface area contributed by atoms with Gasteiger partial charge >= 0.3 is 0 Å². The second-order valence-corrected chi connectivity index (χ2v) is 11.2. The predicted octanol–water partition coefficient (Wildman–Crippen LogP) is 3.29. The van der Waals surface area contributed by atoms with Gasteiger partial charge in [0.2, 0.25) is 11.8 Å². The van der Waals surface area contributed by atoms with Gasteiger partial charge in [-0.15, -0.1) is 0 Å². The topological polar surface area (TPSA) is 113 Å². The monoisotopic (exact) mass is 550 g/mol. The fourth-order valence-corrected chi connectivity index (χ4v) is 5.99. The minimum absolute atomic E-state index is 0.132. The first kappa shape index (κ1) is 24.8. The lowest BCUT2D eigenvalue weighted by atomic mass is 9.62. The molecule has 2 aliphatic rings. The normalized spacial score (nSPS) is 22.4. The SMILES string of the molecule is COc1ccc(S(=O)(=O)O)cc1C1(C2CCN(Cc3ccc(Br)cc3)CC2)CCC(=O)NC1=O. The number of amides is 2. The highest BCUT2D eigenvalue weighted by Gasteiger charge is 2.52. The molecule has 4 rings (SSSR count). The van der Waals surface area contributed by atoms with Gasteiger partial charge in [-0.25, -0.2) is 0 Å². The molecule has 2 aliphatic heterocycles. The van der Waals surface area contributed by atoms with E-state index < -0.39 is 21.4 Å². The zero-order valence-electron chi connectivity index (χ0n) is 18.8. The van der Waals surface area contributed by atoms with Gasteiger partial charge in [0.25, 0.3) is 10.1 Å². The number of benzene rings is 2. The number of piperidine rings is 2. The van der Waals surface area contributed by atoms with Crippen molar-refractivity contribution in [2.75, 3.05) is 20.2 Å². The number of methoxy groups -OCH3 is 1. The number of hydrogen-bond donors (Lipinski definition) is 2. The van der Waals surface area contributed by atoms with Crippen molar-refractivity contribution in [3.8, 4) is 5.75 Å². The van der Waals surface area contributed by atoms with Crippen LogP contribution in [0.1, 0.15) is 36.8 Å². The summed E-state index contributed by atoms with van der Waals surface area (Å²) in [5, 5.41) is 2.47. The van der Waals surface area contributed by atoms with Crippen LogP contribution >= 0.6 is 15.9 Å². The largest absolute Gasteiger partial charge is 0.496 e.